The van der Waals surface area contributed by atoms with Crippen LogP contribution in [0.1, 0.15) is 4.88 Å². The molecule has 0 aliphatic heterocycles. The molecule has 3 nitrogen and oxygen atoms in total. The zero-order valence-electron chi connectivity index (χ0n) is 7.97. The molecule has 1 amide bonds. The third-order valence-corrected chi connectivity index (χ3v) is 3.28. The van der Waals surface area contributed by atoms with E-state index in [4.69, 9.17) is 0 Å². The van der Waals surface area contributed by atoms with Gasteiger partial charge in [0.05, 0.1) is 10.2 Å². The molecule has 2 N–H and O–H groups in total. The van der Waals surface area contributed by atoms with E-state index in [0.29, 0.717) is 13.0 Å². The SMILES string of the molecule is CNCCNC(=O)Cc1ccc(Br)s1. The first-order valence-corrected chi connectivity index (χ1v) is 5.99. The van der Waals surface area contributed by atoms with E-state index in [0.717, 1.165) is 15.2 Å². The smallest absolute Gasteiger partial charge is 0.225 e. The van der Waals surface area contributed by atoms with Gasteiger partial charge in [0.25, 0.3) is 0 Å². The van der Waals surface area contributed by atoms with Crippen LogP contribution in [0, 0.1) is 0 Å². The summed E-state index contributed by atoms with van der Waals surface area (Å²) in [6, 6.07) is 3.92. The lowest BCUT2D eigenvalue weighted by Gasteiger charge is -2.02. The second kappa shape index (κ2) is 6.16. The highest BCUT2D eigenvalue weighted by Gasteiger charge is 2.04. The van der Waals surface area contributed by atoms with Crippen molar-refractivity contribution in [2.24, 2.45) is 0 Å². The quantitative estimate of drug-likeness (QED) is 0.799. The van der Waals surface area contributed by atoms with Crippen molar-refractivity contribution in [2.45, 2.75) is 6.42 Å². The summed E-state index contributed by atoms with van der Waals surface area (Å²) in [5.74, 6) is 0.0783. The first-order chi connectivity index (χ1) is 6.72. The first-order valence-electron chi connectivity index (χ1n) is 4.38. The number of likely N-dealkylation sites (N-methyl/N-ethyl adjacent to an activating group) is 1. The zero-order chi connectivity index (χ0) is 10.4. The lowest BCUT2D eigenvalue weighted by Crippen LogP contribution is -2.31. The molecular formula is C9H13BrN2OS. The van der Waals surface area contributed by atoms with Gasteiger partial charge in [0, 0.05) is 18.0 Å². The van der Waals surface area contributed by atoms with Gasteiger partial charge in [-0.05, 0) is 35.1 Å². The number of carbonyl (C=O) groups excluding carboxylic acids is 1. The predicted octanol–water partition coefficient (Wildman–Crippen LogP) is 1.39. The number of thiophene rings is 1. The van der Waals surface area contributed by atoms with E-state index in [-0.39, 0.29) is 5.91 Å². The minimum Gasteiger partial charge on any atom is -0.355 e. The molecular weight excluding hydrogens is 264 g/mol. The highest BCUT2D eigenvalue weighted by molar-refractivity contribution is 9.11. The molecule has 0 spiro atoms. The van der Waals surface area contributed by atoms with E-state index in [2.05, 4.69) is 26.6 Å². The Morgan fingerprint density at radius 3 is 2.86 bits per heavy atom. The summed E-state index contributed by atoms with van der Waals surface area (Å²) in [5, 5.41) is 5.80. The second-order valence-electron chi connectivity index (χ2n) is 2.84. The molecule has 0 saturated heterocycles. The Bertz CT molecular complexity index is 301. The fourth-order valence-corrected chi connectivity index (χ4v) is 2.48. The van der Waals surface area contributed by atoms with Crippen LogP contribution in [0.15, 0.2) is 15.9 Å². The summed E-state index contributed by atoms with van der Waals surface area (Å²) in [4.78, 5) is 12.4. The number of rotatable bonds is 5. The molecule has 1 aromatic rings. The van der Waals surface area contributed by atoms with E-state index in [9.17, 15) is 4.79 Å². The van der Waals surface area contributed by atoms with Crippen molar-refractivity contribution in [2.75, 3.05) is 20.1 Å². The van der Waals surface area contributed by atoms with Gasteiger partial charge in [-0.25, -0.2) is 0 Å². The van der Waals surface area contributed by atoms with Gasteiger partial charge < -0.3 is 10.6 Å². The molecule has 1 heterocycles. The monoisotopic (exact) mass is 276 g/mol. The summed E-state index contributed by atoms with van der Waals surface area (Å²) < 4.78 is 1.07. The average molecular weight is 277 g/mol. The van der Waals surface area contributed by atoms with Crippen LogP contribution in [0.2, 0.25) is 0 Å². The summed E-state index contributed by atoms with van der Waals surface area (Å²) in [5.41, 5.74) is 0. The van der Waals surface area contributed by atoms with E-state index < -0.39 is 0 Å². The van der Waals surface area contributed by atoms with Gasteiger partial charge in [-0.15, -0.1) is 11.3 Å². The number of hydrogen-bond donors (Lipinski definition) is 2. The summed E-state index contributed by atoms with van der Waals surface area (Å²) >= 11 is 4.96. The maximum atomic E-state index is 11.3. The molecule has 0 atom stereocenters. The van der Waals surface area contributed by atoms with Crippen LogP contribution in [0.5, 0.6) is 0 Å². The van der Waals surface area contributed by atoms with Crippen molar-refractivity contribution in [3.05, 3.63) is 20.8 Å². The molecule has 0 saturated carbocycles. The van der Waals surface area contributed by atoms with Crippen LogP contribution in [0.4, 0.5) is 0 Å². The fraction of sp³-hybridized carbons (Fsp3) is 0.444. The van der Waals surface area contributed by atoms with Crippen molar-refractivity contribution in [3.8, 4) is 0 Å². The van der Waals surface area contributed by atoms with Crippen molar-refractivity contribution in [1.29, 1.82) is 0 Å². The minimum absolute atomic E-state index is 0.0783. The van der Waals surface area contributed by atoms with Crippen molar-refractivity contribution in [3.63, 3.8) is 0 Å². The third-order valence-electron chi connectivity index (χ3n) is 1.66. The standard InChI is InChI=1S/C9H13BrN2OS/c1-11-4-5-12-9(13)6-7-2-3-8(10)14-7/h2-3,11H,4-6H2,1H3,(H,12,13). The Balaban J connectivity index is 2.27. The van der Waals surface area contributed by atoms with Crippen LogP contribution in [-0.4, -0.2) is 26.0 Å². The van der Waals surface area contributed by atoms with Crippen LogP contribution in [0.25, 0.3) is 0 Å². The predicted molar refractivity (Wildman–Crippen MR) is 62.7 cm³/mol. The number of amides is 1. The molecule has 14 heavy (non-hydrogen) atoms. The maximum Gasteiger partial charge on any atom is 0.225 e. The number of hydrogen-bond acceptors (Lipinski definition) is 3. The molecule has 5 heteroatoms. The molecule has 78 valence electrons. The number of carbonyl (C=O) groups is 1. The zero-order valence-corrected chi connectivity index (χ0v) is 10.4. The molecule has 1 rings (SSSR count). The van der Waals surface area contributed by atoms with Crippen LogP contribution in [0.3, 0.4) is 0 Å². The minimum atomic E-state index is 0.0783. The molecule has 0 aliphatic rings. The van der Waals surface area contributed by atoms with Gasteiger partial charge in [0.15, 0.2) is 0 Å². The van der Waals surface area contributed by atoms with Crippen molar-refractivity contribution in [1.82, 2.24) is 10.6 Å². The Morgan fingerprint density at radius 2 is 2.29 bits per heavy atom. The van der Waals surface area contributed by atoms with Crippen LogP contribution in [-0.2, 0) is 11.2 Å². The largest absolute Gasteiger partial charge is 0.355 e. The van der Waals surface area contributed by atoms with E-state index in [1.165, 1.54) is 0 Å². The number of halogens is 1. The molecule has 0 bridgehead atoms. The average Bonchev–Trinajstić information content (AvgIpc) is 2.52. The summed E-state index contributed by atoms with van der Waals surface area (Å²) in [6.07, 6.45) is 0.472. The second-order valence-corrected chi connectivity index (χ2v) is 5.38. The Kier molecular flexibility index (Phi) is 5.14. The molecule has 1 aromatic heterocycles. The van der Waals surface area contributed by atoms with Gasteiger partial charge >= 0.3 is 0 Å². The molecule has 0 fully saturated rings. The van der Waals surface area contributed by atoms with Crippen molar-refractivity contribution < 1.29 is 4.79 Å². The molecule has 0 aliphatic carbocycles. The van der Waals surface area contributed by atoms with Gasteiger partial charge in [0.1, 0.15) is 0 Å². The maximum absolute atomic E-state index is 11.3. The highest BCUT2D eigenvalue weighted by atomic mass is 79.9. The van der Waals surface area contributed by atoms with Gasteiger partial charge in [0.2, 0.25) is 5.91 Å². The van der Waals surface area contributed by atoms with E-state index in [1.54, 1.807) is 11.3 Å². The summed E-state index contributed by atoms with van der Waals surface area (Å²) in [7, 11) is 1.86. The Hall–Kier alpha value is -0.390. The number of nitrogens with one attached hydrogen (secondary N) is 2. The lowest BCUT2D eigenvalue weighted by atomic mass is 10.3. The Labute approximate surface area is 96.0 Å². The van der Waals surface area contributed by atoms with Gasteiger partial charge in [-0.1, -0.05) is 0 Å². The molecule has 0 unspecified atom stereocenters. The van der Waals surface area contributed by atoms with Crippen molar-refractivity contribution >= 4 is 33.2 Å². The van der Waals surface area contributed by atoms with Gasteiger partial charge in [-0.3, -0.25) is 4.79 Å². The Morgan fingerprint density at radius 1 is 1.50 bits per heavy atom. The summed E-state index contributed by atoms with van der Waals surface area (Å²) in [6.45, 7) is 1.49. The molecule has 0 radical (unpaired) electrons. The van der Waals surface area contributed by atoms with E-state index in [1.807, 2.05) is 19.2 Å². The lowest BCUT2D eigenvalue weighted by molar-refractivity contribution is -0.120. The normalized spacial score (nSPS) is 10.1. The topological polar surface area (TPSA) is 41.1 Å². The van der Waals surface area contributed by atoms with Crippen LogP contribution >= 0.6 is 27.3 Å². The highest BCUT2D eigenvalue weighted by Crippen LogP contribution is 2.22. The first kappa shape index (κ1) is 11.7. The van der Waals surface area contributed by atoms with Crippen LogP contribution < -0.4 is 10.6 Å². The van der Waals surface area contributed by atoms with Gasteiger partial charge in [-0.2, -0.15) is 0 Å². The third kappa shape index (κ3) is 4.21. The van der Waals surface area contributed by atoms with E-state index >= 15 is 0 Å². The fourth-order valence-electron chi connectivity index (χ4n) is 0.994. The molecule has 0 aromatic carbocycles.